The molecular formula is C33H30FN5O. The number of H-pyrrole nitrogens is 2. The van der Waals surface area contributed by atoms with Crippen molar-refractivity contribution in [1.29, 1.82) is 0 Å². The second-order valence-corrected chi connectivity index (χ2v) is 10.3. The highest BCUT2D eigenvalue weighted by Crippen LogP contribution is 2.34. The molecule has 3 N–H and O–H groups in total. The predicted octanol–water partition coefficient (Wildman–Crippen LogP) is 7.69. The van der Waals surface area contributed by atoms with Crippen LogP contribution in [0, 0.1) is 11.7 Å². The molecule has 7 heteroatoms. The van der Waals surface area contributed by atoms with Crippen LogP contribution in [0.4, 0.5) is 4.39 Å². The Labute approximate surface area is 231 Å². The fourth-order valence-corrected chi connectivity index (χ4v) is 5.12. The quantitative estimate of drug-likeness (QED) is 0.142. The number of aromatic nitrogens is 4. The zero-order valence-corrected chi connectivity index (χ0v) is 22.3. The van der Waals surface area contributed by atoms with E-state index in [1.165, 1.54) is 6.07 Å². The maximum Gasteiger partial charge on any atom is 0.227 e. The Bertz CT molecular complexity index is 1800. The first-order valence-corrected chi connectivity index (χ1v) is 13.5. The summed E-state index contributed by atoms with van der Waals surface area (Å²) in [7, 11) is 0. The smallest absolute Gasteiger partial charge is 0.227 e. The van der Waals surface area contributed by atoms with E-state index in [1.54, 1.807) is 12.1 Å². The topological polar surface area (TPSA) is 86.5 Å². The Morgan fingerprint density at radius 1 is 1.12 bits per heavy atom. The van der Waals surface area contributed by atoms with Gasteiger partial charge in [-0.15, -0.1) is 6.58 Å². The third-order valence-electron chi connectivity index (χ3n) is 7.43. The predicted molar refractivity (Wildman–Crippen MR) is 159 cm³/mol. The van der Waals surface area contributed by atoms with Gasteiger partial charge in [0.25, 0.3) is 0 Å². The lowest BCUT2D eigenvalue weighted by Gasteiger charge is -2.24. The fraction of sp³-hybridized carbons (Fsp3) is 0.182. The summed E-state index contributed by atoms with van der Waals surface area (Å²) < 4.78 is 14.0. The largest absolute Gasteiger partial charge is 0.353 e. The molecule has 3 aromatic heterocycles. The molecule has 6 rings (SSSR count). The van der Waals surface area contributed by atoms with Crippen LogP contribution < -0.4 is 5.32 Å². The highest BCUT2D eigenvalue weighted by molar-refractivity contribution is 6.00. The number of nitrogens with zero attached hydrogens (tertiary/aromatic N) is 2. The lowest BCUT2D eigenvalue weighted by Crippen LogP contribution is -2.33. The Morgan fingerprint density at radius 2 is 1.98 bits per heavy atom. The summed E-state index contributed by atoms with van der Waals surface area (Å²) >= 11 is 0. The number of amides is 1. The molecule has 200 valence electrons. The average Bonchev–Trinajstić information content (AvgIpc) is 3.53. The van der Waals surface area contributed by atoms with Crippen LogP contribution in [0.5, 0.6) is 0 Å². The van der Waals surface area contributed by atoms with Crippen molar-refractivity contribution in [1.82, 2.24) is 25.5 Å². The number of rotatable bonds is 8. The zero-order valence-electron chi connectivity index (χ0n) is 22.3. The number of halogens is 1. The Kier molecular flexibility index (Phi) is 6.86. The van der Waals surface area contributed by atoms with Crippen molar-refractivity contribution in [2.75, 3.05) is 0 Å². The number of fused-ring (bicyclic) bond motifs is 2. The first kappa shape index (κ1) is 25.5. The number of carbonyl (C=O) groups excluding carboxylic acids is 1. The van der Waals surface area contributed by atoms with E-state index < -0.39 is 0 Å². The van der Waals surface area contributed by atoms with Gasteiger partial charge in [0.2, 0.25) is 5.91 Å². The van der Waals surface area contributed by atoms with E-state index in [2.05, 4.69) is 27.1 Å². The number of carbonyl (C=O) groups is 1. The standard InChI is InChI=1S/C33H30FN5O/c1-3-4-8-23(17-20(2)35-33(40)21-9-5-10-21)27-15-16-29-31(37-27)32(39-38-29)30-19-26-25(13-7-14-28(26)36-30)22-11-6-12-24(34)18-22/h3,6-8,11-19,21,36H,1,4-5,9-10H2,2H3,(H,35,40)(H,38,39)/b20-17+,23-8+. The number of benzene rings is 2. The molecule has 0 atom stereocenters. The van der Waals surface area contributed by atoms with Crippen LogP contribution in [0.2, 0.25) is 0 Å². The first-order chi connectivity index (χ1) is 19.5. The number of pyridine rings is 1. The molecule has 6 nitrogen and oxygen atoms in total. The zero-order chi connectivity index (χ0) is 27.6. The van der Waals surface area contributed by atoms with Gasteiger partial charge in [0.05, 0.1) is 16.9 Å². The minimum absolute atomic E-state index is 0.0834. The van der Waals surface area contributed by atoms with Gasteiger partial charge in [-0.25, -0.2) is 9.37 Å². The van der Waals surface area contributed by atoms with Gasteiger partial charge in [-0.1, -0.05) is 42.8 Å². The van der Waals surface area contributed by atoms with Crippen molar-refractivity contribution in [3.05, 3.63) is 103 Å². The third kappa shape index (κ3) is 4.98. The van der Waals surface area contributed by atoms with Crippen molar-refractivity contribution in [2.24, 2.45) is 5.92 Å². The maximum absolute atomic E-state index is 14.0. The SMILES string of the molecule is C=CC/C=C(\C=C(/C)NC(=O)C1CCC1)c1ccc2[nH]nc(-c3cc4c(-c5cccc(F)c5)cccc4[nH]3)c2n1. The molecule has 0 aliphatic heterocycles. The number of aromatic amines is 2. The number of allylic oxidation sites excluding steroid dienone is 5. The summed E-state index contributed by atoms with van der Waals surface area (Å²) in [6.45, 7) is 5.75. The highest BCUT2D eigenvalue weighted by Gasteiger charge is 2.25. The monoisotopic (exact) mass is 531 g/mol. The molecule has 1 amide bonds. The van der Waals surface area contributed by atoms with Crippen molar-refractivity contribution in [3.8, 4) is 22.5 Å². The number of nitrogens with one attached hydrogen (secondary N) is 3. The Balaban J connectivity index is 1.38. The van der Waals surface area contributed by atoms with Gasteiger partial charge in [0.15, 0.2) is 0 Å². The molecular weight excluding hydrogens is 501 g/mol. The van der Waals surface area contributed by atoms with Crippen LogP contribution in [-0.4, -0.2) is 26.1 Å². The van der Waals surface area contributed by atoms with Crippen LogP contribution in [0.25, 0.3) is 50.0 Å². The van der Waals surface area contributed by atoms with Crippen molar-refractivity contribution >= 4 is 33.4 Å². The van der Waals surface area contributed by atoms with Gasteiger partial charge in [-0.2, -0.15) is 5.10 Å². The lowest BCUT2D eigenvalue weighted by atomic mass is 9.85. The van der Waals surface area contributed by atoms with Gasteiger partial charge in [0, 0.05) is 22.5 Å². The van der Waals surface area contributed by atoms with Crippen LogP contribution >= 0.6 is 0 Å². The minimum Gasteiger partial charge on any atom is -0.353 e. The van der Waals surface area contributed by atoms with Crippen LogP contribution in [0.3, 0.4) is 0 Å². The van der Waals surface area contributed by atoms with Gasteiger partial charge in [-0.3, -0.25) is 9.89 Å². The summed E-state index contributed by atoms with van der Waals surface area (Å²) in [5.74, 6) is -0.0721. The molecule has 0 radical (unpaired) electrons. The van der Waals surface area contributed by atoms with E-state index in [4.69, 9.17) is 4.98 Å². The van der Waals surface area contributed by atoms with E-state index >= 15 is 0 Å². The molecule has 40 heavy (non-hydrogen) atoms. The van der Waals surface area contributed by atoms with Crippen molar-refractivity contribution in [3.63, 3.8) is 0 Å². The number of hydrogen-bond donors (Lipinski definition) is 3. The maximum atomic E-state index is 14.0. The normalized spacial score (nSPS) is 14.4. The molecule has 0 unspecified atom stereocenters. The van der Waals surface area contributed by atoms with Crippen LogP contribution in [-0.2, 0) is 4.79 Å². The molecule has 1 aliphatic rings. The molecule has 1 aliphatic carbocycles. The summed E-state index contributed by atoms with van der Waals surface area (Å²) in [6.07, 6.45) is 9.53. The van der Waals surface area contributed by atoms with Crippen molar-refractivity contribution in [2.45, 2.75) is 32.6 Å². The summed E-state index contributed by atoms with van der Waals surface area (Å²) in [5.41, 5.74) is 8.16. The van der Waals surface area contributed by atoms with Gasteiger partial charge in [-0.05, 0) is 85.4 Å². The summed E-state index contributed by atoms with van der Waals surface area (Å²) in [6, 6.07) is 18.5. The van der Waals surface area contributed by atoms with E-state index in [1.807, 2.05) is 67.6 Å². The fourth-order valence-electron chi connectivity index (χ4n) is 5.12. The molecule has 2 aromatic carbocycles. The van der Waals surface area contributed by atoms with E-state index in [9.17, 15) is 9.18 Å². The Morgan fingerprint density at radius 3 is 2.75 bits per heavy atom. The average molecular weight is 532 g/mol. The van der Waals surface area contributed by atoms with Gasteiger partial charge < -0.3 is 10.3 Å². The minimum atomic E-state index is -0.271. The molecule has 0 spiro atoms. The molecule has 5 aromatic rings. The second-order valence-electron chi connectivity index (χ2n) is 10.3. The second kappa shape index (κ2) is 10.8. The van der Waals surface area contributed by atoms with E-state index in [-0.39, 0.29) is 17.6 Å². The van der Waals surface area contributed by atoms with Crippen molar-refractivity contribution < 1.29 is 9.18 Å². The molecule has 1 saturated carbocycles. The lowest BCUT2D eigenvalue weighted by molar-refractivity contribution is -0.126. The first-order valence-electron chi connectivity index (χ1n) is 13.5. The van der Waals surface area contributed by atoms with E-state index in [0.29, 0.717) is 12.1 Å². The van der Waals surface area contributed by atoms with E-state index in [0.717, 1.165) is 75.0 Å². The molecule has 0 saturated heterocycles. The summed E-state index contributed by atoms with van der Waals surface area (Å²) in [4.78, 5) is 20.9. The van der Waals surface area contributed by atoms with Crippen LogP contribution in [0.1, 0.15) is 38.3 Å². The molecule has 3 heterocycles. The summed E-state index contributed by atoms with van der Waals surface area (Å²) in [5, 5.41) is 11.7. The number of hydrogen-bond acceptors (Lipinski definition) is 3. The third-order valence-corrected chi connectivity index (χ3v) is 7.43. The Hall–Kier alpha value is -4.78. The molecule has 1 fully saturated rings. The van der Waals surface area contributed by atoms with Crippen LogP contribution in [0.15, 0.2) is 91.2 Å². The molecule has 0 bridgehead atoms. The van der Waals surface area contributed by atoms with Gasteiger partial charge >= 0.3 is 0 Å². The highest BCUT2D eigenvalue weighted by atomic mass is 19.1. The van der Waals surface area contributed by atoms with Gasteiger partial charge in [0.1, 0.15) is 17.0 Å².